The van der Waals surface area contributed by atoms with E-state index in [1.165, 1.54) is 16.2 Å². The van der Waals surface area contributed by atoms with Crippen molar-refractivity contribution in [3.8, 4) is 0 Å². The molecule has 4 rings (SSSR count). The minimum absolute atomic E-state index is 0.0233. The Labute approximate surface area is 133 Å². The summed E-state index contributed by atoms with van der Waals surface area (Å²) in [6.45, 7) is -0.0233. The monoisotopic (exact) mass is 332 g/mol. The second-order valence-electron chi connectivity index (χ2n) is 5.10. The molecule has 7 heteroatoms. The fraction of sp³-hybridized carbons (Fsp3) is 0.267. The van der Waals surface area contributed by atoms with Crippen molar-refractivity contribution in [2.75, 3.05) is 0 Å². The SMILES string of the molecule is O=C(OCc1nc2sc3c(c2c(=O)[nH]1)CCC3)c1cccs1. The van der Waals surface area contributed by atoms with Gasteiger partial charge in [-0.15, -0.1) is 22.7 Å². The lowest BCUT2D eigenvalue weighted by Crippen LogP contribution is -2.14. The van der Waals surface area contributed by atoms with Gasteiger partial charge in [0.15, 0.2) is 0 Å². The van der Waals surface area contributed by atoms with Gasteiger partial charge in [0.05, 0.1) is 5.39 Å². The zero-order chi connectivity index (χ0) is 15.1. The Morgan fingerprint density at radius 3 is 3.14 bits per heavy atom. The van der Waals surface area contributed by atoms with Gasteiger partial charge in [-0.25, -0.2) is 9.78 Å². The Balaban J connectivity index is 1.61. The number of carbonyl (C=O) groups is 1. The third-order valence-electron chi connectivity index (χ3n) is 3.69. The molecule has 0 aliphatic heterocycles. The van der Waals surface area contributed by atoms with Crippen LogP contribution < -0.4 is 5.56 Å². The molecule has 3 aromatic rings. The van der Waals surface area contributed by atoms with E-state index >= 15 is 0 Å². The highest BCUT2D eigenvalue weighted by Crippen LogP contribution is 2.34. The average Bonchev–Trinajstić information content (AvgIpc) is 3.20. The number of ether oxygens (including phenoxy) is 1. The Morgan fingerprint density at radius 1 is 1.41 bits per heavy atom. The zero-order valence-electron chi connectivity index (χ0n) is 11.5. The standard InChI is InChI=1S/C15H12N2O3S2/c18-13-12-8-3-1-4-9(8)22-14(12)17-11(16-13)7-20-15(19)10-5-2-6-21-10/h2,5-6H,1,3-4,7H2,(H,16,17,18). The molecule has 0 fully saturated rings. The molecule has 0 radical (unpaired) electrons. The Kier molecular flexibility index (Phi) is 3.31. The summed E-state index contributed by atoms with van der Waals surface area (Å²) < 4.78 is 5.20. The fourth-order valence-corrected chi connectivity index (χ4v) is 4.61. The van der Waals surface area contributed by atoms with Gasteiger partial charge in [-0.1, -0.05) is 6.07 Å². The minimum atomic E-state index is -0.397. The summed E-state index contributed by atoms with van der Waals surface area (Å²) in [5, 5.41) is 2.53. The molecule has 3 heterocycles. The first kappa shape index (κ1) is 13.7. The number of aromatic nitrogens is 2. The van der Waals surface area contributed by atoms with Crippen LogP contribution in [-0.4, -0.2) is 15.9 Å². The number of hydrogen-bond donors (Lipinski definition) is 1. The largest absolute Gasteiger partial charge is 0.453 e. The van der Waals surface area contributed by atoms with Crippen molar-refractivity contribution in [2.45, 2.75) is 25.9 Å². The van der Waals surface area contributed by atoms with E-state index in [9.17, 15) is 9.59 Å². The molecule has 0 atom stereocenters. The van der Waals surface area contributed by atoms with Crippen molar-refractivity contribution in [2.24, 2.45) is 0 Å². The van der Waals surface area contributed by atoms with Crippen LogP contribution in [0.2, 0.25) is 0 Å². The zero-order valence-corrected chi connectivity index (χ0v) is 13.2. The molecule has 1 aliphatic rings. The lowest BCUT2D eigenvalue weighted by molar-refractivity contribution is 0.0468. The number of nitrogens with zero attached hydrogens (tertiary/aromatic N) is 1. The van der Waals surface area contributed by atoms with Gasteiger partial charge in [-0.05, 0) is 36.3 Å². The molecular formula is C15H12N2O3S2. The third-order valence-corrected chi connectivity index (χ3v) is 5.72. The molecule has 0 amide bonds. The van der Waals surface area contributed by atoms with Crippen molar-refractivity contribution in [3.63, 3.8) is 0 Å². The van der Waals surface area contributed by atoms with Crippen molar-refractivity contribution < 1.29 is 9.53 Å². The summed E-state index contributed by atoms with van der Waals surface area (Å²) in [4.78, 5) is 33.8. The molecule has 0 saturated heterocycles. The maximum absolute atomic E-state index is 12.3. The molecule has 0 bridgehead atoms. The van der Waals surface area contributed by atoms with Crippen molar-refractivity contribution in [3.05, 3.63) is 49.0 Å². The van der Waals surface area contributed by atoms with Crippen molar-refractivity contribution in [1.29, 1.82) is 0 Å². The number of rotatable bonds is 3. The molecular weight excluding hydrogens is 320 g/mol. The number of aryl methyl sites for hydroxylation is 2. The number of fused-ring (bicyclic) bond motifs is 3. The van der Waals surface area contributed by atoms with Gasteiger partial charge >= 0.3 is 5.97 Å². The second-order valence-corrected chi connectivity index (χ2v) is 7.13. The van der Waals surface area contributed by atoms with E-state index in [0.29, 0.717) is 16.1 Å². The first-order valence-electron chi connectivity index (χ1n) is 6.96. The Bertz CT molecular complexity index is 909. The van der Waals surface area contributed by atoms with E-state index in [2.05, 4.69) is 9.97 Å². The molecule has 22 heavy (non-hydrogen) atoms. The van der Waals surface area contributed by atoms with Gasteiger partial charge in [-0.2, -0.15) is 0 Å². The topological polar surface area (TPSA) is 72.0 Å². The van der Waals surface area contributed by atoms with Gasteiger partial charge in [-0.3, -0.25) is 4.79 Å². The van der Waals surface area contributed by atoms with Crippen LogP contribution in [0.5, 0.6) is 0 Å². The molecule has 1 aliphatic carbocycles. The maximum atomic E-state index is 12.3. The predicted molar refractivity (Wildman–Crippen MR) is 85.7 cm³/mol. The maximum Gasteiger partial charge on any atom is 0.348 e. The van der Waals surface area contributed by atoms with E-state index < -0.39 is 5.97 Å². The summed E-state index contributed by atoms with van der Waals surface area (Å²) >= 11 is 2.90. The van der Waals surface area contributed by atoms with E-state index in [-0.39, 0.29) is 12.2 Å². The van der Waals surface area contributed by atoms with Crippen LogP contribution in [0.1, 0.15) is 32.4 Å². The summed E-state index contributed by atoms with van der Waals surface area (Å²) in [6, 6.07) is 3.50. The van der Waals surface area contributed by atoms with Crippen LogP contribution in [0.25, 0.3) is 10.2 Å². The van der Waals surface area contributed by atoms with Gasteiger partial charge in [0.2, 0.25) is 0 Å². The Morgan fingerprint density at radius 2 is 2.32 bits per heavy atom. The molecule has 0 aromatic carbocycles. The average molecular weight is 332 g/mol. The van der Waals surface area contributed by atoms with Crippen LogP contribution in [-0.2, 0) is 24.2 Å². The highest BCUT2D eigenvalue weighted by atomic mass is 32.1. The number of esters is 1. The summed E-state index contributed by atoms with van der Waals surface area (Å²) in [7, 11) is 0. The van der Waals surface area contributed by atoms with Gasteiger partial charge in [0, 0.05) is 4.88 Å². The highest BCUT2D eigenvalue weighted by Gasteiger charge is 2.21. The minimum Gasteiger partial charge on any atom is -0.453 e. The quantitative estimate of drug-likeness (QED) is 0.749. The highest BCUT2D eigenvalue weighted by molar-refractivity contribution is 7.18. The van der Waals surface area contributed by atoms with E-state index in [0.717, 1.165) is 29.7 Å². The second kappa shape index (κ2) is 5.33. The number of thiophene rings is 2. The summed E-state index contributed by atoms with van der Waals surface area (Å²) in [6.07, 6.45) is 3.09. The molecule has 0 unspecified atom stereocenters. The normalized spacial score (nSPS) is 13.5. The van der Waals surface area contributed by atoms with Crippen LogP contribution in [0, 0.1) is 0 Å². The number of carbonyl (C=O) groups excluding carboxylic acids is 1. The van der Waals surface area contributed by atoms with Gasteiger partial charge < -0.3 is 9.72 Å². The fourth-order valence-electron chi connectivity index (χ4n) is 2.71. The van der Waals surface area contributed by atoms with E-state index in [1.54, 1.807) is 23.5 Å². The molecule has 0 saturated carbocycles. The lowest BCUT2D eigenvalue weighted by Gasteiger charge is -2.03. The van der Waals surface area contributed by atoms with Crippen LogP contribution in [0.4, 0.5) is 0 Å². The number of hydrogen-bond acceptors (Lipinski definition) is 6. The van der Waals surface area contributed by atoms with Gasteiger partial charge in [0.1, 0.15) is 22.1 Å². The van der Waals surface area contributed by atoms with Crippen LogP contribution >= 0.6 is 22.7 Å². The van der Waals surface area contributed by atoms with Crippen LogP contribution in [0.15, 0.2) is 22.3 Å². The molecule has 112 valence electrons. The Hall–Kier alpha value is -1.99. The summed E-state index contributed by atoms with van der Waals surface area (Å²) in [5.41, 5.74) is 1.02. The molecule has 5 nitrogen and oxygen atoms in total. The lowest BCUT2D eigenvalue weighted by atomic mass is 10.2. The third kappa shape index (κ3) is 2.26. The first-order valence-corrected chi connectivity index (χ1v) is 8.66. The molecule has 1 N–H and O–H groups in total. The van der Waals surface area contributed by atoms with Crippen molar-refractivity contribution in [1.82, 2.24) is 9.97 Å². The molecule has 0 spiro atoms. The van der Waals surface area contributed by atoms with Gasteiger partial charge in [0.25, 0.3) is 5.56 Å². The van der Waals surface area contributed by atoms with Crippen molar-refractivity contribution >= 4 is 38.9 Å². The number of H-pyrrole nitrogens is 1. The number of aromatic amines is 1. The van der Waals surface area contributed by atoms with E-state index in [4.69, 9.17) is 4.74 Å². The molecule has 3 aromatic heterocycles. The summed E-state index contributed by atoms with van der Waals surface area (Å²) in [5.74, 6) is -0.00579. The first-order chi connectivity index (χ1) is 10.7. The van der Waals surface area contributed by atoms with Crippen LogP contribution in [0.3, 0.4) is 0 Å². The number of nitrogens with one attached hydrogen (secondary N) is 1. The van der Waals surface area contributed by atoms with E-state index in [1.807, 2.05) is 5.38 Å². The predicted octanol–water partition coefficient (Wildman–Crippen LogP) is 2.89. The smallest absolute Gasteiger partial charge is 0.348 e.